The van der Waals surface area contributed by atoms with Crippen molar-refractivity contribution in [3.63, 3.8) is 0 Å². The van der Waals surface area contributed by atoms with E-state index in [4.69, 9.17) is 4.74 Å². The molecular formula is C20H36O. The fourth-order valence-corrected chi connectivity index (χ4v) is 2.26. The van der Waals surface area contributed by atoms with E-state index in [0.29, 0.717) is 0 Å². The van der Waals surface area contributed by atoms with Gasteiger partial charge in [0.1, 0.15) is 0 Å². The van der Waals surface area contributed by atoms with Crippen LogP contribution < -0.4 is 0 Å². The summed E-state index contributed by atoms with van der Waals surface area (Å²) >= 11 is 0. The molecule has 0 aromatic carbocycles. The van der Waals surface area contributed by atoms with Gasteiger partial charge in [-0.3, -0.25) is 0 Å². The molecule has 0 fully saturated rings. The standard InChI is InChI=1S/C20H36O/c1-3-5-6-7-8-9-10-11-12-13-14-15-16-17-18-19-20-21-4-2/h4,8-9,11-12H,2-3,5-7,10,13-20H2,1H3/b9-8-,12-11-. The minimum absolute atomic E-state index is 0.832. The lowest BCUT2D eigenvalue weighted by Gasteiger charge is -2.01. The zero-order valence-electron chi connectivity index (χ0n) is 14.2. The number of allylic oxidation sites excluding steroid dienone is 4. The highest BCUT2D eigenvalue weighted by molar-refractivity contribution is 4.92. The van der Waals surface area contributed by atoms with Gasteiger partial charge in [-0.1, -0.05) is 76.3 Å². The number of hydrogen-bond donors (Lipinski definition) is 0. The summed E-state index contributed by atoms with van der Waals surface area (Å²) < 4.78 is 5.10. The van der Waals surface area contributed by atoms with Crippen molar-refractivity contribution < 1.29 is 4.74 Å². The highest BCUT2D eigenvalue weighted by Gasteiger charge is 1.90. The van der Waals surface area contributed by atoms with Gasteiger partial charge in [0.2, 0.25) is 0 Å². The molecule has 0 amide bonds. The second-order valence-electron chi connectivity index (χ2n) is 5.62. The van der Waals surface area contributed by atoms with Crippen molar-refractivity contribution in [2.45, 2.75) is 84.0 Å². The van der Waals surface area contributed by atoms with Crippen LogP contribution in [0.3, 0.4) is 0 Å². The van der Waals surface area contributed by atoms with Crippen LogP contribution in [0.5, 0.6) is 0 Å². The van der Waals surface area contributed by atoms with Gasteiger partial charge in [-0.15, -0.1) is 0 Å². The predicted molar refractivity (Wildman–Crippen MR) is 95.5 cm³/mol. The van der Waals surface area contributed by atoms with Crippen LogP contribution in [0.25, 0.3) is 0 Å². The molecule has 0 unspecified atom stereocenters. The molecular weight excluding hydrogens is 256 g/mol. The van der Waals surface area contributed by atoms with Crippen LogP contribution in [-0.4, -0.2) is 6.61 Å². The van der Waals surface area contributed by atoms with Gasteiger partial charge in [-0.2, -0.15) is 0 Å². The zero-order chi connectivity index (χ0) is 15.4. The molecule has 0 spiro atoms. The van der Waals surface area contributed by atoms with Crippen LogP contribution in [-0.2, 0) is 4.74 Å². The number of unbranched alkanes of at least 4 members (excludes halogenated alkanes) is 9. The van der Waals surface area contributed by atoms with Crippen LogP contribution in [0, 0.1) is 0 Å². The molecule has 0 N–H and O–H groups in total. The van der Waals surface area contributed by atoms with Crippen LogP contribution in [0.1, 0.15) is 84.0 Å². The molecule has 0 saturated carbocycles. The van der Waals surface area contributed by atoms with E-state index in [1.165, 1.54) is 70.5 Å². The van der Waals surface area contributed by atoms with Gasteiger partial charge in [0.15, 0.2) is 0 Å². The molecule has 0 heterocycles. The molecule has 0 saturated heterocycles. The van der Waals surface area contributed by atoms with Gasteiger partial charge < -0.3 is 4.74 Å². The first-order valence-electron chi connectivity index (χ1n) is 8.94. The summed E-state index contributed by atoms with van der Waals surface area (Å²) in [6.45, 7) is 6.62. The minimum Gasteiger partial charge on any atom is -0.502 e. The van der Waals surface area contributed by atoms with E-state index in [9.17, 15) is 0 Å². The third-order valence-corrected chi connectivity index (χ3v) is 3.58. The molecule has 0 rings (SSSR count). The van der Waals surface area contributed by atoms with E-state index < -0.39 is 0 Å². The monoisotopic (exact) mass is 292 g/mol. The van der Waals surface area contributed by atoms with Gasteiger partial charge in [-0.05, 0) is 38.5 Å². The first kappa shape index (κ1) is 20.0. The molecule has 1 heteroatoms. The van der Waals surface area contributed by atoms with Gasteiger partial charge in [-0.25, -0.2) is 0 Å². The average Bonchev–Trinajstić information content (AvgIpc) is 2.50. The summed E-state index contributed by atoms with van der Waals surface area (Å²) in [4.78, 5) is 0. The molecule has 0 aromatic heterocycles. The Morgan fingerprint density at radius 3 is 1.90 bits per heavy atom. The summed E-state index contributed by atoms with van der Waals surface area (Å²) in [6, 6.07) is 0. The summed E-state index contributed by atoms with van der Waals surface area (Å²) in [5, 5.41) is 0. The van der Waals surface area contributed by atoms with Crippen molar-refractivity contribution in [2.24, 2.45) is 0 Å². The van der Waals surface area contributed by atoms with Crippen LogP contribution in [0.15, 0.2) is 37.1 Å². The van der Waals surface area contributed by atoms with E-state index in [0.717, 1.165) is 19.4 Å². The molecule has 122 valence electrons. The van der Waals surface area contributed by atoms with E-state index >= 15 is 0 Å². The summed E-state index contributed by atoms with van der Waals surface area (Å²) in [6.07, 6.45) is 26.3. The normalized spacial score (nSPS) is 11.5. The molecule has 0 radical (unpaired) electrons. The van der Waals surface area contributed by atoms with Gasteiger partial charge in [0.05, 0.1) is 12.9 Å². The van der Waals surface area contributed by atoms with Crippen molar-refractivity contribution in [3.05, 3.63) is 37.1 Å². The number of rotatable bonds is 16. The fraction of sp³-hybridized carbons (Fsp3) is 0.700. The van der Waals surface area contributed by atoms with E-state index in [1.54, 1.807) is 0 Å². The van der Waals surface area contributed by atoms with Crippen LogP contribution >= 0.6 is 0 Å². The predicted octanol–water partition coefficient (Wildman–Crippen LogP) is 6.96. The van der Waals surface area contributed by atoms with Crippen LogP contribution in [0.4, 0.5) is 0 Å². The van der Waals surface area contributed by atoms with Crippen molar-refractivity contribution in [3.8, 4) is 0 Å². The van der Waals surface area contributed by atoms with Crippen molar-refractivity contribution >= 4 is 0 Å². The molecule has 0 bridgehead atoms. The lowest BCUT2D eigenvalue weighted by atomic mass is 10.1. The van der Waals surface area contributed by atoms with Crippen LogP contribution in [0.2, 0.25) is 0 Å². The Morgan fingerprint density at radius 1 is 0.714 bits per heavy atom. The largest absolute Gasteiger partial charge is 0.502 e. The first-order valence-corrected chi connectivity index (χ1v) is 8.94. The van der Waals surface area contributed by atoms with Gasteiger partial charge in [0.25, 0.3) is 0 Å². The number of hydrogen-bond acceptors (Lipinski definition) is 1. The average molecular weight is 293 g/mol. The fourth-order valence-electron chi connectivity index (χ4n) is 2.26. The molecule has 0 atom stereocenters. The summed E-state index contributed by atoms with van der Waals surface area (Å²) in [7, 11) is 0. The Labute approximate surface area is 133 Å². The van der Waals surface area contributed by atoms with Crippen molar-refractivity contribution in [1.29, 1.82) is 0 Å². The highest BCUT2D eigenvalue weighted by atomic mass is 16.5. The SMILES string of the molecule is C=COCCCCCCCC/C=C\C/C=C\CCCCC. The maximum atomic E-state index is 5.10. The van der Waals surface area contributed by atoms with Crippen molar-refractivity contribution in [1.82, 2.24) is 0 Å². The second kappa shape index (κ2) is 19.0. The van der Waals surface area contributed by atoms with E-state index in [2.05, 4.69) is 37.8 Å². The zero-order valence-corrected chi connectivity index (χ0v) is 14.2. The maximum Gasteiger partial charge on any atom is 0.0873 e. The number of ether oxygens (including phenoxy) is 1. The molecule has 0 aliphatic rings. The van der Waals surface area contributed by atoms with Gasteiger partial charge in [0, 0.05) is 0 Å². The Kier molecular flexibility index (Phi) is 18.1. The topological polar surface area (TPSA) is 9.23 Å². The Morgan fingerprint density at radius 2 is 1.29 bits per heavy atom. The van der Waals surface area contributed by atoms with E-state index in [-0.39, 0.29) is 0 Å². The third kappa shape index (κ3) is 19.0. The second-order valence-corrected chi connectivity index (χ2v) is 5.62. The van der Waals surface area contributed by atoms with E-state index in [1.807, 2.05) is 0 Å². The molecule has 1 nitrogen and oxygen atoms in total. The summed E-state index contributed by atoms with van der Waals surface area (Å²) in [5.41, 5.74) is 0. The maximum absolute atomic E-state index is 5.10. The molecule has 0 aliphatic carbocycles. The third-order valence-electron chi connectivity index (χ3n) is 3.58. The highest BCUT2D eigenvalue weighted by Crippen LogP contribution is 2.08. The Hall–Kier alpha value is -0.980. The first-order chi connectivity index (χ1) is 10.4. The summed E-state index contributed by atoms with van der Waals surface area (Å²) in [5.74, 6) is 0. The Bertz CT molecular complexity index is 253. The molecule has 0 aromatic rings. The lowest BCUT2D eigenvalue weighted by Crippen LogP contribution is -1.87. The molecule has 0 aliphatic heterocycles. The smallest absolute Gasteiger partial charge is 0.0873 e. The van der Waals surface area contributed by atoms with Crippen molar-refractivity contribution in [2.75, 3.05) is 6.61 Å². The quantitative estimate of drug-likeness (QED) is 0.170. The lowest BCUT2D eigenvalue weighted by molar-refractivity contribution is 0.241. The van der Waals surface area contributed by atoms with Gasteiger partial charge >= 0.3 is 0 Å². The molecule has 21 heavy (non-hydrogen) atoms. The Balaban J connectivity index is 3.13. The minimum atomic E-state index is 0.832.